The Bertz CT molecular complexity index is 467. The quantitative estimate of drug-likeness (QED) is 0.820. The molecule has 0 saturated heterocycles. The molecule has 4 heteroatoms. The normalized spacial score (nSPS) is 14.3. The van der Waals surface area contributed by atoms with E-state index in [1.54, 1.807) is 7.11 Å². The molecule has 0 aliphatic heterocycles. The third-order valence-corrected chi connectivity index (χ3v) is 3.39. The molecule has 1 aliphatic rings. The molecule has 2 N–H and O–H groups in total. The topological polar surface area (TPSA) is 50.4 Å². The lowest BCUT2D eigenvalue weighted by atomic mass is 10.0. The van der Waals surface area contributed by atoms with Crippen LogP contribution in [0.1, 0.15) is 29.5 Å². The van der Waals surface area contributed by atoms with Crippen LogP contribution >= 0.6 is 0 Å². The van der Waals surface area contributed by atoms with Gasteiger partial charge in [-0.2, -0.15) is 0 Å². The van der Waals surface area contributed by atoms with Crippen LogP contribution in [-0.2, 0) is 11.3 Å². The largest absolute Gasteiger partial charge is 0.496 e. The molecule has 0 spiro atoms. The highest BCUT2D eigenvalue weighted by Gasteiger charge is 2.21. The predicted molar refractivity (Wildman–Crippen MR) is 75.3 cm³/mol. The zero-order valence-electron chi connectivity index (χ0n) is 11.9. The summed E-state index contributed by atoms with van der Waals surface area (Å²) >= 11 is 0. The molecular weight excluding hydrogens is 240 g/mol. The molecule has 1 aliphatic carbocycles. The number of carbonyl (C=O) groups is 1. The van der Waals surface area contributed by atoms with Crippen molar-refractivity contribution in [3.63, 3.8) is 0 Å². The van der Waals surface area contributed by atoms with E-state index in [-0.39, 0.29) is 5.91 Å². The number of ether oxygens (including phenoxy) is 1. The first-order valence-electron chi connectivity index (χ1n) is 6.74. The Morgan fingerprint density at radius 3 is 2.74 bits per heavy atom. The third-order valence-electron chi connectivity index (χ3n) is 3.39. The summed E-state index contributed by atoms with van der Waals surface area (Å²) in [7, 11) is 1.66. The van der Waals surface area contributed by atoms with Gasteiger partial charge in [0.1, 0.15) is 5.75 Å². The maximum atomic E-state index is 11.7. The lowest BCUT2D eigenvalue weighted by Gasteiger charge is -2.14. The van der Waals surface area contributed by atoms with Crippen LogP contribution in [0, 0.1) is 13.8 Å². The van der Waals surface area contributed by atoms with Gasteiger partial charge >= 0.3 is 0 Å². The van der Waals surface area contributed by atoms with Crippen molar-refractivity contribution >= 4 is 5.91 Å². The maximum Gasteiger partial charge on any atom is 0.234 e. The molecule has 0 atom stereocenters. The van der Waals surface area contributed by atoms with Crippen LogP contribution in [-0.4, -0.2) is 25.6 Å². The molecule has 19 heavy (non-hydrogen) atoms. The van der Waals surface area contributed by atoms with Gasteiger partial charge in [0.05, 0.1) is 13.7 Å². The van der Waals surface area contributed by atoms with E-state index in [9.17, 15) is 4.79 Å². The Morgan fingerprint density at radius 2 is 2.11 bits per heavy atom. The van der Waals surface area contributed by atoms with E-state index in [4.69, 9.17) is 4.74 Å². The Morgan fingerprint density at radius 1 is 1.37 bits per heavy atom. The highest BCUT2D eigenvalue weighted by atomic mass is 16.5. The van der Waals surface area contributed by atoms with Gasteiger partial charge in [0, 0.05) is 18.2 Å². The lowest BCUT2D eigenvalue weighted by Crippen LogP contribution is -2.34. The monoisotopic (exact) mass is 262 g/mol. The van der Waals surface area contributed by atoms with Crippen LogP contribution in [0.5, 0.6) is 5.75 Å². The van der Waals surface area contributed by atoms with Crippen molar-refractivity contribution in [2.45, 2.75) is 39.3 Å². The van der Waals surface area contributed by atoms with E-state index >= 15 is 0 Å². The number of methoxy groups -OCH3 is 1. The van der Waals surface area contributed by atoms with Gasteiger partial charge in [-0.05, 0) is 43.9 Å². The summed E-state index contributed by atoms with van der Waals surface area (Å²) in [6.45, 7) is 5.00. The summed E-state index contributed by atoms with van der Waals surface area (Å²) in [5.74, 6) is 0.877. The zero-order valence-corrected chi connectivity index (χ0v) is 11.9. The average molecular weight is 262 g/mol. The number of hydrogen-bond acceptors (Lipinski definition) is 3. The number of hydrogen-bond donors (Lipinski definition) is 2. The van der Waals surface area contributed by atoms with Crippen LogP contribution in [0.15, 0.2) is 12.1 Å². The molecule has 0 unspecified atom stereocenters. The summed E-state index contributed by atoms with van der Waals surface area (Å²) in [5, 5.41) is 6.14. The van der Waals surface area contributed by atoms with Crippen molar-refractivity contribution in [3.05, 3.63) is 28.8 Å². The molecule has 1 amide bonds. The minimum Gasteiger partial charge on any atom is -0.496 e. The van der Waals surface area contributed by atoms with Crippen LogP contribution in [0.4, 0.5) is 0 Å². The lowest BCUT2D eigenvalue weighted by molar-refractivity contribution is -0.120. The summed E-state index contributed by atoms with van der Waals surface area (Å²) in [4.78, 5) is 11.7. The zero-order chi connectivity index (χ0) is 13.8. The van der Waals surface area contributed by atoms with Crippen molar-refractivity contribution < 1.29 is 9.53 Å². The van der Waals surface area contributed by atoms with Gasteiger partial charge in [-0.25, -0.2) is 0 Å². The van der Waals surface area contributed by atoms with Crippen molar-refractivity contribution in [3.8, 4) is 5.75 Å². The molecule has 2 rings (SSSR count). The van der Waals surface area contributed by atoms with Crippen molar-refractivity contribution in [2.75, 3.05) is 13.7 Å². The molecule has 1 fully saturated rings. The van der Waals surface area contributed by atoms with E-state index in [1.165, 1.54) is 18.4 Å². The minimum absolute atomic E-state index is 0.0360. The van der Waals surface area contributed by atoms with Crippen LogP contribution in [0.25, 0.3) is 0 Å². The molecule has 4 nitrogen and oxygen atoms in total. The van der Waals surface area contributed by atoms with Crippen molar-refractivity contribution in [1.82, 2.24) is 10.6 Å². The summed E-state index contributed by atoms with van der Waals surface area (Å²) in [6, 6.07) is 4.66. The third kappa shape index (κ3) is 3.96. The molecule has 0 aromatic heterocycles. The van der Waals surface area contributed by atoms with Gasteiger partial charge in [-0.15, -0.1) is 0 Å². The molecule has 0 radical (unpaired) electrons. The highest BCUT2D eigenvalue weighted by Crippen LogP contribution is 2.24. The Hall–Kier alpha value is -1.55. The number of carbonyl (C=O) groups excluding carboxylic acids is 1. The number of amides is 1. The summed E-state index contributed by atoms with van der Waals surface area (Å²) in [5.41, 5.74) is 3.36. The van der Waals surface area contributed by atoms with E-state index in [2.05, 4.69) is 16.7 Å². The fraction of sp³-hybridized carbons (Fsp3) is 0.533. The smallest absolute Gasteiger partial charge is 0.234 e. The van der Waals surface area contributed by atoms with Gasteiger partial charge in [-0.1, -0.05) is 6.07 Å². The van der Waals surface area contributed by atoms with Gasteiger partial charge in [-0.3, -0.25) is 4.79 Å². The van der Waals surface area contributed by atoms with Gasteiger partial charge in [0.25, 0.3) is 0 Å². The van der Waals surface area contributed by atoms with E-state index in [0.717, 1.165) is 16.9 Å². The Kier molecular flexibility index (Phi) is 4.43. The standard InChI is InChI=1S/C15H22N2O2/c1-10-6-11(2)13(14(7-10)19-3)8-17-15(18)9-16-12-4-5-12/h6-7,12,16H,4-5,8-9H2,1-3H3,(H,17,18). The fourth-order valence-electron chi connectivity index (χ4n) is 2.14. The van der Waals surface area contributed by atoms with E-state index < -0.39 is 0 Å². The van der Waals surface area contributed by atoms with Gasteiger partial charge in [0.15, 0.2) is 0 Å². The first-order chi connectivity index (χ1) is 9.10. The second kappa shape index (κ2) is 6.06. The highest BCUT2D eigenvalue weighted by molar-refractivity contribution is 5.78. The van der Waals surface area contributed by atoms with Crippen LogP contribution in [0.3, 0.4) is 0 Å². The predicted octanol–water partition coefficient (Wildman–Crippen LogP) is 1.68. The number of aryl methyl sites for hydroxylation is 2. The van der Waals surface area contributed by atoms with Crippen LogP contribution in [0.2, 0.25) is 0 Å². The fourth-order valence-corrected chi connectivity index (χ4v) is 2.14. The molecular formula is C15H22N2O2. The van der Waals surface area contributed by atoms with Crippen molar-refractivity contribution in [1.29, 1.82) is 0 Å². The van der Waals surface area contributed by atoms with Gasteiger partial charge in [0.2, 0.25) is 5.91 Å². The second-order valence-corrected chi connectivity index (χ2v) is 5.19. The molecule has 1 aromatic rings. The SMILES string of the molecule is COc1cc(C)cc(C)c1CNC(=O)CNC1CC1. The maximum absolute atomic E-state index is 11.7. The number of nitrogens with one attached hydrogen (secondary N) is 2. The second-order valence-electron chi connectivity index (χ2n) is 5.19. The average Bonchev–Trinajstić information content (AvgIpc) is 3.18. The van der Waals surface area contributed by atoms with Gasteiger partial charge < -0.3 is 15.4 Å². The van der Waals surface area contributed by atoms with E-state index in [0.29, 0.717) is 19.1 Å². The molecule has 104 valence electrons. The molecule has 1 aromatic carbocycles. The molecule has 0 heterocycles. The molecule has 0 bridgehead atoms. The first kappa shape index (κ1) is 13.9. The van der Waals surface area contributed by atoms with Crippen molar-refractivity contribution in [2.24, 2.45) is 0 Å². The van der Waals surface area contributed by atoms with E-state index in [1.807, 2.05) is 19.9 Å². The summed E-state index contributed by atoms with van der Waals surface area (Å²) < 4.78 is 5.38. The first-order valence-corrected chi connectivity index (χ1v) is 6.74. The summed E-state index contributed by atoms with van der Waals surface area (Å²) in [6.07, 6.45) is 2.39. The van der Waals surface area contributed by atoms with Crippen LogP contribution < -0.4 is 15.4 Å². The molecule has 1 saturated carbocycles. The number of benzene rings is 1. The number of rotatable bonds is 6. The Labute approximate surface area is 114 Å². The minimum atomic E-state index is 0.0360. The Balaban J connectivity index is 1.92.